The molecule has 3 aromatic rings. The number of amides is 2. The van der Waals surface area contributed by atoms with E-state index in [-0.39, 0.29) is 10.7 Å². The van der Waals surface area contributed by atoms with E-state index in [1.54, 1.807) is 31.4 Å². The molecule has 0 unspecified atom stereocenters. The number of nitrogens with zero attached hydrogens (tertiary/aromatic N) is 2. The molecule has 0 radical (unpaired) electrons. The average molecular weight is 487 g/mol. The topological polar surface area (TPSA) is 59.1 Å². The van der Waals surface area contributed by atoms with Crippen LogP contribution in [-0.4, -0.2) is 30.6 Å². The second-order valence-corrected chi connectivity index (χ2v) is 8.50. The second-order valence-electron chi connectivity index (χ2n) is 8.14. The molecular formula is C28H26N2O4S. The van der Waals surface area contributed by atoms with Crippen molar-refractivity contribution in [2.24, 2.45) is 0 Å². The molecule has 0 atom stereocenters. The third-order valence-corrected chi connectivity index (χ3v) is 6.00. The average Bonchev–Trinajstić information content (AvgIpc) is 2.85. The van der Waals surface area contributed by atoms with Crippen molar-refractivity contribution in [2.75, 3.05) is 23.5 Å². The van der Waals surface area contributed by atoms with Gasteiger partial charge in [-0.3, -0.25) is 19.4 Å². The molecule has 1 saturated heterocycles. The Labute approximate surface area is 210 Å². The molecule has 0 N–H and O–H groups in total. The number of carbonyl (C=O) groups excluding carboxylic acids is 2. The van der Waals surface area contributed by atoms with E-state index < -0.39 is 11.8 Å². The fraction of sp³-hybridized carbons (Fsp3) is 0.179. The zero-order chi connectivity index (χ0) is 25.1. The predicted molar refractivity (Wildman–Crippen MR) is 142 cm³/mol. The molecule has 0 aliphatic carbocycles. The molecule has 0 aromatic heterocycles. The molecule has 1 aliphatic heterocycles. The standard InChI is InChI=1S/C28H26N2O4S/c1-5-34-24-15-10-20(17-25(24)33-4)16-23-26(31)29(21-11-6-18(2)7-12-21)28(35)30(27(23)32)22-13-8-19(3)9-14-22/h6-17H,5H2,1-4H3. The van der Waals surface area contributed by atoms with Gasteiger partial charge in [-0.2, -0.15) is 0 Å². The molecule has 178 valence electrons. The lowest BCUT2D eigenvalue weighted by atomic mass is 10.0. The molecule has 0 spiro atoms. The summed E-state index contributed by atoms with van der Waals surface area (Å²) in [5.41, 5.74) is 3.89. The van der Waals surface area contributed by atoms with Gasteiger partial charge in [0.25, 0.3) is 11.8 Å². The van der Waals surface area contributed by atoms with Crippen molar-refractivity contribution in [1.29, 1.82) is 0 Å². The van der Waals surface area contributed by atoms with Crippen molar-refractivity contribution in [3.8, 4) is 11.5 Å². The number of thiocarbonyl (C=S) groups is 1. The highest BCUT2D eigenvalue weighted by Gasteiger charge is 2.41. The molecule has 0 bridgehead atoms. The molecule has 1 aliphatic rings. The van der Waals surface area contributed by atoms with Gasteiger partial charge >= 0.3 is 0 Å². The molecule has 1 fully saturated rings. The monoisotopic (exact) mass is 486 g/mol. The maximum absolute atomic E-state index is 13.7. The van der Waals surface area contributed by atoms with E-state index in [1.807, 2.05) is 69.3 Å². The van der Waals surface area contributed by atoms with Crippen LogP contribution in [-0.2, 0) is 9.59 Å². The summed E-state index contributed by atoms with van der Waals surface area (Å²) in [6, 6.07) is 20.2. The third kappa shape index (κ3) is 4.81. The Hall–Kier alpha value is -3.97. The summed E-state index contributed by atoms with van der Waals surface area (Å²) in [5, 5.41) is 0.106. The first-order valence-electron chi connectivity index (χ1n) is 11.2. The lowest BCUT2D eigenvalue weighted by molar-refractivity contribution is -0.120. The zero-order valence-corrected chi connectivity index (χ0v) is 20.9. The van der Waals surface area contributed by atoms with Crippen molar-refractivity contribution in [3.63, 3.8) is 0 Å². The summed E-state index contributed by atoms with van der Waals surface area (Å²) in [6.07, 6.45) is 1.56. The Morgan fingerprint density at radius 3 is 1.77 bits per heavy atom. The second kappa shape index (κ2) is 10.1. The number of ether oxygens (including phenoxy) is 2. The van der Waals surface area contributed by atoms with Crippen LogP contribution in [0.2, 0.25) is 0 Å². The number of hydrogen-bond acceptors (Lipinski definition) is 5. The van der Waals surface area contributed by atoms with E-state index in [2.05, 4.69) is 0 Å². The minimum Gasteiger partial charge on any atom is -0.493 e. The van der Waals surface area contributed by atoms with Crippen LogP contribution in [0.5, 0.6) is 11.5 Å². The molecule has 4 rings (SSSR count). The van der Waals surface area contributed by atoms with Crippen LogP contribution in [0.3, 0.4) is 0 Å². The Morgan fingerprint density at radius 1 is 0.800 bits per heavy atom. The van der Waals surface area contributed by atoms with Gasteiger partial charge in [-0.15, -0.1) is 0 Å². The Kier molecular flexibility index (Phi) is 6.98. The van der Waals surface area contributed by atoms with E-state index in [9.17, 15) is 9.59 Å². The normalized spacial score (nSPS) is 13.8. The first-order chi connectivity index (χ1) is 16.8. The molecule has 7 heteroatoms. The van der Waals surface area contributed by atoms with Crippen molar-refractivity contribution in [2.45, 2.75) is 20.8 Å². The minimum absolute atomic E-state index is 0.00837. The van der Waals surface area contributed by atoms with Crippen LogP contribution in [0.4, 0.5) is 11.4 Å². The van der Waals surface area contributed by atoms with Crippen molar-refractivity contribution in [3.05, 3.63) is 89.0 Å². The van der Waals surface area contributed by atoms with Gasteiger partial charge in [0.1, 0.15) is 5.57 Å². The zero-order valence-electron chi connectivity index (χ0n) is 20.1. The van der Waals surface area contributed by atoms with Crippen LogP contribution in [0.25, 0.3) is 6.08 Å². The predicted octanol–water partition coefficient (Wildman–Crippen LogP) is 5.46. The number of hydrogen-bond donors (Lipinski definition) is 0. The molecule has 3 aromatic carbocycles. The summed E-state index contributed by atoms with van der Waals surface area (Å²) in [5.74, 6) is 0.125. The van der Waals surface area contributed by atoms with E-state index in [1.165, 1.54) is 9.80 Å². The number of rotatable bonds is 6. The van der Waals surface area contributed by atoms with Gasteiger partial charge in [0.05, 0.1) is 25.1 Å². The van der Waals surface area contributed by atoms with Crippen LogP contribution >= 0.6 is 12.2 Å². The lowest BCUT2D eigenvalue weighted by Crippen LogP contribution is -2.56. The summed E-state index contributed by atoms with van der Waals surface area (Å²) >= 11 is 5.68. The number of anilines is 2. The van der Waals surface area contributed by atoms with Crippen LogP contribution < -0.4 is 19.3 Å². The smallest absolute Gasteiger partial charge is 0.270 e. The molecule has 2 amide bonds. The number of carbonyl (C=O) groups is 2. The highest BCUT2D eigenvalue weighted by molar-refractivity contribution is 7.81. The number of benzene rings is 3. The summed E-state index contributed by atoms with van der Waals surface area (Å²) in [6.45, 7) is 6.30. The van der Waals surface area contributed by atoms with Gasteiger partial charge in [-0.1, -0.05) is 41.5 Å². The Bertz CT molecular complexity index is 1240. The van der Waals surface area contributed by atoms with E-state index in [0.29, 0.717) is 35.0 Å². The van der Waals surface area contributed by atoms with Crippen LogP contribution in [0, 0.1) is 13.8 Å². The largest absolute Gasteiger partial charge is 0.493 e. The SMILES string of the molecule is CCOc1ccc(C=C2C(=O)N(c3ccc(C)cc3)C(=S)N(c3ccc(C)cc3)C2=O)cc1OC. The fourth-order valence-electron chi connectivity index (χ4n) is 3.79. The Balaban J connectivity index is 1.84. The van der Waals surface area contributed by atoms with Crippen molar-refractivity contribution in [1.82, 2.24) is 0 Å². The van der Waals surface area contributed by atoms with Gasteiger partial charge in [0.2, 0.25) is 0 Å². The molecule has 1 heterocycles. The van der Waals surface area contributed by atoms with E-state index in [4.69, 9.17) is 21.7 Å². The van der Waals surface area contributed by atoms with Gasteiger partial charge in [-0.05, 0) is 81.0 Å². The first kappa shape index (κ1) is 24.2. The molecule has 0 saturated carbocycles. The highest BCUT2D eigenvalue weighted by Crippen LogP contribution is 2.32. The number of aryl methyl sites for hydroxylation is 2. The molecule has 6 nitrogen and oxygen atoms in total. The molecule has 35 heavy (non-hydrogen) atoms. The van der Waals surface area contributed by atoms with Crippen LogP contribution in [0.1, 0.15) is 23.6 Å². The summed E-state index contributed by atoms with van der Waals surface area (Å²) in [4.78, 5) is 30.1. The van der Waals surface area contributed by atoms with Crippen LogP contribution in [0.15, 0.2) is 72.3 Å². The van der Waals surface area contributed by atoms with Crippen molar-refractivity contribution >= 4 is 46.6 Å². The Morgan fingerprint density at radius 2 is 1.31 bits per heavy atom. The summed E-state index contributed by atoms with van der Waals surface area (Å²) < 4.78 is 11.0. The number of methoxy groups -OCH3 is 1. The molecular weight excluding hydrogens is 460 g/mol. The van der Waals surface area contributed by atoms with Gasteiger partial charge in [0.15, 0.2) is 16.6 Å². The maximum atomic E-state index is 13.7. The minimum atomic E-state index is -0.486. The van der Waals surface area contributed by atoms with E-state index in [0.717, 1.165) is 11.1 Å². The fourth-order valence-corrected chi connectivity index (χ4v) is 4.16. The highest BCUT2D eigenvalue weighted by atomic mass is 32.1. The summed E-state index contributed by atoms with van der Waals surface area (Å²) in [7, 11) is 1.54. The van der Waals surface area contributed by atoms with E-state index >= 15 is 0 Å². The van der Waals surface area contributed by atoms with Gasteiger partial charge in [0, 0.05) is 0 Å². The quantitative estimate of drug-likeness (QED) is 0.263. The van der Waals surface area contributed by atoms with Gasteiger partial charge < -0.3 is 9.47 Å². The first-order valence-corrected chi connectivity index (χ1v) is 11.6. The third-order valence-electron chi connectivity index (χ3n) is 5.63. The lowest BCUT2D eigenvalue weighted by Gasteiger charge is -2.36. The maximum Gasteiger partial charge on any atom is 0.270 e. The van der Waals surface area contributed by atoms with Crippen molar-refractivity contribution < 1.29 is 19.1 Å². The van der Waals surface area contributed by atoms with Gasteiger partial charge in [-0.25, -0.2) is 0 Å².